The van der Waals surface area contributed by atoms with Crippen molar-refractivity contribution in [2.75, 3.05) is 5.32 Å². The van der Waals surface area contributed by atoms with Gasteiger partial charge >= 0.3 is 12.0 Å². The SMILES string of the molecule is CC(C)C[C@@H](NC(=O)Nc1cccc(-c2nc3ccccc3o2)c1)C(=O)O. The number of carboxylic acids is 1. The standard InChI is InChI=1S/C20H21N3O4/c1-12(2)10-16(19(24)25)23-20(26)21-14-7-5-6-13(11-14)18-22-15-8-3-4-9-17(15)27-18/h3-9,11-12,16H,10H2,1-2H3,(H,24,25)(H2,21,23,26)/t16-/m1/s1. The van der Waals surface area contributed by atoms with Crippen LogP contribution in [0.4, 0.5) is 10.5 Å². The van der Waals surface area contributed by atoms with Gasteiger partial charge in [0.1, 0.15) is 11.6 Å². The number of amides is 2. The average molecular weight is 367 g/mol. The van der Waals surface area contributed by atoms with Gasteiger partial charge in [0, 0.05) is 11.3 Å². The number of nitrogens with zero attached hydrogens (tertiary/aromatic N) is 1. The first kappa shape index (κ1) is 18.4. The topological polar surface area (TPSA) is 104 Å². The first-order valence-corrected chi connectivity index (χ1v) is 8.68. The van der Waals surface area contributed by atoms with Crippen LogP contribution in [0.2, 0.25) is 0 Å². The Bertz CT molecular complexity index is 932. The lowest BCUT2D eigenvalue weighted by Gasteiger charge is -2.17. The third-order valence-electron chi connectivity index (χ3n) is 3.97. The summed E-state index contributed by atoms with van der Waals surface area (Å²) in [5, 5.41) is 14.4. The van der Waals surface area contributed by atoms with E-state index in [0.717, 1.165) is 5.52 Å². The molecule has 0 saturated heterocycles. The summed E-state index contributed by atoms with van der Waals surface area (Å²) in [4.78, 5) is 27.9. The summed E-state index contributed by atoms with van der Waals surface area (Å²) in [7, 11) is 0. The molecular weight excluding hydrogens is 346 g/mol. The minimum atomic E-state index is -1.06. The minimum Gasteiger partial charge on any atom is -0.480 e. The number of hydrogen-bond acceptors (Lipinski definition) is 4. The summed E-state index contributed by atoms with van der Waals surface area (Å²) >= 11 is 0. The second-order valence-electron chi connectivity index (χ2n) is 6.69. The summed E-state index contributed by atoms with van der Waals surface area (Å²) in [5.41, 5.74) is 2.66. The number of anilines is 1. The molecule has 0 aliphatic heterocycles. The molecule has 0 unspecified atom stereocenters. The largest absolute Gasteiger partial charge is 0.480 e. The van der Waals surface area contributed by atoms with Crippen molar-refractivity contribution in [2.45, 2.75) is 26.3 Å². The zero-order valence-corrected chi connectivity index (χ0v) is 15.1. The number of rotatable bonds is 6. The molecule has 0 aliphatic carbocycles. The number of nitrogens with one attached hydrogen (secondary N) is 2. The van der Waals surface area contributed by atoms with E-state index in [-0.39, 0.29) is 5.92 Å². The molecule has 27 heavy (non-hydrogen) atoms. The quantitative estimate of drug-likeness (QED) is 0.608. The van der Waals surface area contributed by atoms with E-state index in [1.165, 1.54) is 0 Å². The molecule has 3 aromatic rings. The highest BCUT2D eigenvalue weighted by Gasteiger charge is 2.21. The molecule has 0 aliphatic rings. The number of carbonyl (C=O) groups excluding carboxylic acids is 1. The van der Waals surface area contributed by atoms with E-state index < -0.39 is 18.0 Å². The Morgan fingerprint density at radius 1 is 1.15 bits per heavy atom. The van der Waals surface area contributed by atoms with E-state index in [0.29, 0.717) is 29.1 Å². The Hall–Kier alpha value is -3.35. The molecule has 1 atom stereocenters. The molecule has 0 fully saturated rings. The Kier molecular flexibility index (Phi) is 5.40. The summed E-state index contributed by atoms with van der Waals surface area (Å²) in [6.45, 7) is 3.80. The van der Waals surface area contributed by atoms with Gasteiger partial charge in [-0.3, -0.25) is 0 Å². The van der Waals surface area contributed by atoms with Crippen LogP contribution in [0.25, 0.3) is 22.6 Å². The van der Waals surface area contributed by atoms with Crippen LogP contribution in [-0.4, -0.2) is 28.1 Å². The predicted octanol–water partition coefficient (Wildman–Crippen LogP) is 4.12. The summed E-state index contributed by atoms with van der Waals surface area (Å²) < 4.78 is 5.74. The molecule has 0 saturated carbocycles. The molecular formula is C20H21N3O4. The number of urea groups is 1. The molecule has 2 amide bonds. The number of hydrogen-bond donors (Lipinski definition) is 3. The zero-order chi connectivity index (χ0) is 19.4. The van der Waals surface area contributed by atoms with Gasteiger partial charge in [-0.25, -0.2) is 14.6 Å². The molecule has 2 aromatic carbocycles. The van der Waals surface area contributed by atoms with Gasteiger partial charge in [-0.2, -0.15) is 0 Å². The van der Waals surface area contributed by atoms with Crippen molar-refractivity contribution in [2.24, 2.45) is 5.92 Å². The van der Waals surface area contributed by atoms with Crippen molar-refractivity contribution >= 4 is 28.8 Å². The fourth-order valence-electron chi connectivity index (χ4n) is 2.74. The second-order valence-corrected chi connectivity index (χ2v) is 6.69. The molecule has 7 heteroatoms. The van der Waals surface area contributed by atoms with Gasteiger partial charge in [0.05, 0.1) is 0 Å². The Labute approximate surface area is 156 Å². The maximum absolute atomic E-state index is 12.2. The predicted molar refractivity (Wildman–Crippen MR) is 102 cm³/mol. The maximum atomic E-state index is 12.2. The number of aliphatic carboxylic acids is 1. The first-order chi connectivity index (χ1) is 12.9. The van der Waals surface area contributed by atoms with E-state index in [2.05, 4.69) is 15.6 Å². The van der Waals surface area contributed by atoms with Crippen LogP contribution in [-0.2, 0) is 4.79 Å². The lowest BCUT2D eigenvalue weighted by atomic mass is 10.0. The number of carbonyl (C=O) groups is 2. The van der Waals surface area contributed by atoms with Crippen LogP contribution in [0.3, 0.4) is 0 Å². The maximum Gasteiger partial charge on any atom is 0.326 e. The second kappa shape index (κ2) is 7.90. The molecule has 7 nitrogen and oxygen atoms in total. The van der Waals surface area contributed by atoms with Crippen LogP contribution < -0.4 is 10.6 Å². The van der Waals surface area contributed by atoms with Crippen LogP contribution in [0.5, 0.6) is 0 Å². The van der Waals surface area contributed by atoms with Gasteiger partial charge in [0.25, 0.3) is 0 Å². The Morgan fingerprint density at radius 3 is 2.63 bits per heavy atom. The number of fused-ring (bicyclic) bond motifs is 1. The van der Waals surface area contributed by atoms with Crippen LogP contribution >= 0.6 is 0 Å². The molecule has 1 heterocycles. The molecule has 0 spiro atoms. The number of benzene rings is 2. The van der Waals surface area contributed by atoms with Gasteiger partial charge in [0.2, 0.25) is 5.89 Å². The van der Waals surface area contributed by atoms with Crippen LogP contribution in [0.1, 0.15) is 20.3 Å². The summed E-state index contributed by atoms with van der Waals surface area (Å²) in [6, 6.07) is 13.0. The van der Waals surface area contributed by atoms with Gasteiger partial charge in [0.15, 0.2) is 5.58 Å². The lowest BCUT2D eigenvalue weighted by molar-refractivity contribution is -0.139. The number of para-hydroxylation sites is 2. The number of oxazole rings is 1. The van der Waals surface area contributed by atoms with Crippen molar-refractivity contribution in [3.8, 4) is 11.5 Å². The van der Waals surface area contributed by atoms with E-state index in [4.69, 9.17) is 4.42 Å². The van der Waals surface area contributed by atoms with Crippen molar-refractivity contribution in [3.05, 3.63) is 48.5 Å². The fraction of sp³-hybridized carbons (Fsp3) is 0.250. The minimum absolute atomic E-state index is 0.147. The van der Waals surface area contributed by atoms with E-state index >= 15 is 0 Å². The third-order valence-corrected chi connectivity index (χ3v) is 3.97. The van der Waals surface area contributed by atoms with Crippen molar-refractivity contribution in [3.63, 3.8) is 0 Å². The van der Waals surface area contributed by atoms with Crippen molar-refractivity contribution < 1.29 is 19.1 Å². The fourth-order valence-corrected chi connectivity index (χ4v) is 2.74. The van der Waals surface area contributed by atoms with Gasteiger partial charge in [-0.1, -0.05) is 32.0 Å². The number of aromatic nitrogens is 1. The van der Waals surface area contributed by atoms with E-state index in [9.17, 15) is 14.7 Å². The highest BCUT2D eigenvalue weighted by atomic mass is 16.4. The Balaban J connectivity index is 1.73. The van der Waals surface area contributed by atoms with Crippen LogP contribution in [0, 0.1) is 5.92 Å². The van der Waals surface area contributed by atoms with E-state index in [1.807, 2.05) is 44.2 Å². The van der Waals surface area contributed by atoms with Crippen molar-refractivity contribution in [1.82, 2.24) is 10.3 Å². The molecule has 0 bridgehead atoms. The lowest BCUT2D eigenvalue weighted by Crippen LogP contribution is -2.43. The molecule has 0 radical (unpaired) electrons. The zero-order valence-electron chi connectivity index (χ0n) is 15.1. The van der Waals surface area contributed by atoms with Gasteiger partial charge in [-0.15, -0.1) is 0 Å². The summed E-state index contributed by atoms with van der Waals surface area (Å²) in [6.07, 6.45) is 0.353. The van der Waals surface area contributed by atoms with Gasteiger partial charge < -0.3 is 20.2 Å². The molecule has 140 valence electrons. The monoisotopic (exact) mass is 367 g/mol. The summed E-state index contributed by atoms with van der Waals surface area (Å²) in [5.74, 6) is -0.462. The highest BCUT2D eigenvalue weighted by molar-refractivity contribution is 5.92. The normalized spacial score (nSPS) is 12.1. The van der Waals surface area contributed by atoms with E-state index in [1.54, 1.807) is 18.2 Å². The van der Waals surface area contributed by atoms with Crippen LogP contribution in [0.15, 0.2) is 52.9 Å². The molecule has 3 rings (SSSR count). The first-order valence-electron chi connectivity index (χ1n) is 8.68. The smallest absolute Gasteiger partial charge is 0.326 e. The molecule has 1 aromatic heterocycles. The highest BCUT2D eigenvalue weighted by Crippen LogP contribution is 2.26. The van der Waals surface area contributed by atoms with Gasteiger partial charge in [-0.05, 0) is 42.7 Å². The Morgan fingerprint density at radius 2 is 1.93 bits per heavy atom. The molecule has 3 N–H and O–H groups in total. The average Bonchev–Trinajstić information content (AvgIpc) is 3.05. The number of carboxylic acid groups (broad SMARTS) is 1. The van der Waals surface area contributed by atoms with Crippen molar-refractivity contribution in [1.29, 1.82) is 0 Å². The third kappa shape index (κ3) is 4.63.